The molecule has 0 saturated carbocycles. The fourth-order valence-corrected chi connectivity index (χ4v) is 2.11. The number of ether oxygens (including phenoxy) is 1. The van der Waals surface area contributed by atoms with E-state index in [4.69, 9.17) is 22.1 Å². The minimum absolute atomic E-state index is 0.0898. The van der Waals surface area contributed by atoms with E-state index < -0.39 is 0 Å². The number of nitrogens with one attached hydrogen (secondary N) is 1. The number of hydrogen-bond acceptors (Lipinski definition) is 3. The Labute approximate surface area is 135 Å². The maximum absolute atomic E-state index is 12.0. The van der Waals surface area contributed by atoms with Gasteiger partial charge in [-0.05, 0) is 61.7 Å². The molecule has 1 amide bonds. The van der Waals surface area contributed by atoms with Crippen molar-refractivity contribution >= 4 is 28.9 Å². The standard InChI is InChI=1S/C17H19ClN2O2/c1-10-4-5-13(6-11(10)2)22-9-17(21)20-16-8-14(18)12(3)7-15(16)19/h4-8H,9,19H2,1-3H3,(H,20,21). The largest absolute Gasteiger partial charge is 0.484 e. The van der Waals surface area contributed by atoms with Crippen LogP contribution in [0.15, 0.2) is 30.3 Å². The second-order valence-electron chi connectivity index (χ2n) is 5.27. The first-order valence-corrected chi connectivity index (χ1v) is 7.30. The molecule has 0 radical (unpaired) electrons. The summed E-state index contributed by atoms with van der Waals surface area (Å²) in [6.45, 7) is 5.79. The topological polar surface area (TPSA) is 64.3 Å². The number of nitrogen functional groups attached to an aromatic ring is 1. The first kappa shape index (κ1) is 16.2. The van der Waals surface area contributed by atoms with Gasteiger partial charge < -0.3 is 15.8 Å². The zero-order valence-electron chi connectivity index (χ0n) is 12.9. The van der Waals surface area contributed by atoms with Crippen molar-refractivity contribution in [1.29, 1.82) is 0 Å². The molecule has 22 heavy (non-hydrogen) atoms. The molecule has 2 aromatic rings. The fraction of sp³-hybridized carbons (Fsp3) is 0.235. The van der Waals surface area contributed by atoms with Gasteiger partial charge in [0.2, 0.25) is 0 Å². The van der Waals surface area contributed by atoms with Gasteiger partial charge in [0.05, 0.1) is 11.4 Å². The number of aryl methyl sites for hydroxylation is 3. The predicted molar refractivity (Wildman–Crippen MR) is 90.6 cm³/mol. The number of carbonyl (C=O) groups is 1. The molecule has 0 aromatic heterocycles. The minimum atomic E-state index is -0.287. The van der Waals surface area contributed by atoms with E-state index in [1.165, 1.54) is 5.56 Å². The fourth-order valence-electron chi connectivity index (χ4n) is 1.95. The Balaban J connectivity index is 1.98. The zero-order chi connectivity index (χ0) is 16.3. The molecule has 0 aliphatic rings. The summed E-state index contributed by atoms with van der Waals surface area (Å²) >= 11 is 6.04. The van der Waals surface area contributed by atoms with Crippen LogP contribution in [0.1, 0.15) is 16.7 Å². The van der Waals surface area contributed by atoms with Gasteiger partial charge in [-0.2, -0.15) is 0 Å². The summed E-state index contributed by atoms with van der Waals surface area (Å²) in [5, 5.41) is 3.26. The minimum Gasteiger partial charge on any atom is -0.484 e. The lowest BCUT2D eigenvalue weighted by Crippen LogP contribution is -2.21. The molecule has 0 bridgehead atoms. The molecule has 0 fully saturated rings. The lowest BCUT2D eigenvalue weighted by Gasteiger charge is -2.11. The average molecular weight is 319 g/mol. The molecule has 4 nitrogen and oxygen atoms in total. The van der Waals surface area contributed by atoms with Crippen LogP contribution in [0.3, 0.4) is 0 Å². The number of nitrogens with two attached hydrogens (primary N) is 1. The van der Waals surface area contributed by atoms with Gasteiger partial charge in [0, 0.05) is 5.02 Å². The molecule has 0 aliphatic heterocycles. The summed E-state index contributed by atoms with van der Waals surface area (Å²) in [7, 11) is 0. The summed E-state index contributed by atoms with van der Waals surface area (Å²) in [5.74, 6) is 0.373. The monoisotopic (exact) mass is 318 g/mol. The van der Waals surface area contributed by atoms with Gasteiger partial charge in [-0.1, -0.05) is 17.7 Å². The van der Waals surface area contributed by atoms with E-state index >= 15 is 0 Å². The average Bonchev–Trinajstić information content (AvgIpc) is 2.46. The van der Waals surface area contributed by atoms with Crippen molar-refractivity contribution in [2.45, 2.75) is 20.8 Å². The van der Waals surface area contributed by atoms with E-state index in [2.05, 4.69) is 5.32 Å². The quantitative estimate of drug-likeness (QED) is 0.841. The van der Waals surface area contributed by atoms with E-state index in [9.17, 15) is 4.79 Å². The number of carbonyl (C=O) groups excluding carboxylic acids is 1. The lowest BCUT2D eigenvalue weighted by atomic mass is 10.1. The molecule has 0 spiro atoms. The van der Waals surface area contributed by atoms with Gasteiger partial charge in [0.25, 0.3) is 5.91 Å². The third-order valence-corrected chi connectivity index (χ3v) is 3.86. The van der Waals surface area contributed by atoms with Crippen LogP contribution in [0.4, 0.5) is 11.4 Å². The van der Waals surface area contributed by atoms with Crippen molar-refractivity contribution < 1.29 is 9.53 Å². The normalized spacial score (nSPS) is 10.4. The number of rotatable bonds is 4. The number of hydrogen-bond donors (Lipinski definition) is 2. The number of benzene rings is 2. The third-order valence-electron chi connectivity index (χ3n) is 3.45. The Bertz CT molecular complexity index is 714. The van der Waals surface area contributed by atoms with Crippen molar-refractivity contribution in [3.63, 3.8) is 0 Å². The molecule has 2 rings (SSSR count). The molecular weight excluding hydrogens is 300 g/mol. The van der Waals surface area contributed by atoms with E-state index in [0.717, 1.165) is 11.1 Å². The van der Waals surface area contributed by atoms with Crippen LogP contribution in [0, 0.1) is 20.8 Å². The van der Waals surface area contributed by atoms with Gasteiger partial charge >= 0.3 is 0 Å². The lowest BCUT2D eigenvalue weighted by molar-refractivity contribution is -0.118. The molecule has 116 valence electrons. The van der Waals surface area contributed by atoms with Gasteiger partial charge in [-0.15, -0.1) is 0 Å². The molecule has 0 saturated heterocycles. The summed E-state index contributed by atoms with van der Waals surface area (Å²) in [4.78, 5) is 12.0. The Morgan fingerprint density at radius 2 is 1.86 bits per heavy atom. The van der Waals surface area contributed by atoms with Crippen LogP contribution in [-0.4, -0.2) is 12.5 Å². The number of anilines is 2. The molecule has 2 aromatic carbocycles. The maximum Gasteiger partial charge on any atom is 0.262 e. The highest BCUT2D eigenvalue weighted by molar-refractivity contribution is 6.31. The Morgan fingerprint density at radius 3 is 2.55 bits per heavy atom. The van der Waals surface area contributed by atoms with Gasteiger partial charge in [0.15, 0.2) is 6.61 Å². The summed E-state index contributed by atoms with van der Waals surface area (Å²) in [6, 6.07) is 9.06. The summed E-state index contributed by atoms with van der Waals surface area (Å²) in [5.41, 5.74) is 9.99. The molecule has 0 unspecified atom stereocenters. The van der Waals surface area contributed by atoms with Crippen molar-refractivity contribution in [2.75, 3.05) is 17.7 Å². The van der Waals surface area contributed by atoms with Crippen LogP contribution < -0.4 is 15.8 Å². The number of amides is 1. The van der Waals surface area contributed by atoms with Crippen molar-refractivity contribution in [3.8, 4) is 5.75 Å². The SMILES string of the molecule is Cc1ccc(OCC(=O)Nc2cc(Cl)c(C)cc2N)cc1C. The van der Waals surface area contributed by atoms with Crippen molar-refractivity contribution in [2.24, 2.45) is 0 Å². The predicted octanol–water partition coefficient (Wildman–Crippen LogP) is 3.86. The zero-order valence-corrected chi connectivity index (χ0v) is 13.6. The molecule has 0 atom stereocenters. The third kappa shape index (κ3) is 3.92. The first-order chi connectivity index (χ1) is 10.4. The molecule has 3 N–H and O–H groups in total. The molecule has 0 heterocycles. The van der Waals surface area contributed by atoms with Crippen LogP contribution in [0.2, 0.25) is 5.02 Å². The highest BCUT2D eigenvalue weighted by Gasteiger charge is 2.09. The highest BCUT2D eigenvalue weighted by Crippen LogP contribution is 2.26. The van der Waals surface area contributed by atoms with E-state index in [0.29, 0.717) is 22.1 Å². The van der Waals surface area contributed by atoms with Gasteiger partial charge in [-0.3, -0.25) is 4.79 Å². The Kier molecular flexibility index (Phi) is 4.93. The van der Waals surface area contributed by atoms with E-state index in [-0.39, 0.29) is 12.5 Å². The van der Waals surface area contributed by atoms with Crippen LogP contribution in [0.5, 0.6) is 5.75 Å². The van der Waals surface area contributed by atoms with E-state index in [1.54, 1.807) is 12.1 Å². The van der Waals surface area contributed by atoms with Crippen LogP contribution >= 0.6 is 11.6 Å². The van der Waals surface area contributed by atoms with Crippen LogP contribution in [-0.2, 0) is 4.79 Å². The second kappa shape index (κ2) is 6.71. The number of halogens is 1. The summed E-state index contributed by atoms with van der Waals surface area (Å²) < 4.78 is 5.48. The van der Waals surface area contributed by atoms with Crippen molar-refractivity contribution in [1.82, 2.24) is 0 Å². The van der Waals surface area contributed by atoms with Crippen molar-refractivity contribution in [3.05, 3.63) is 52.0 Å². The maximum atomic E-state index is 12.0. The Morgan fingerprint density at radius 1 is 1.14 bits per heavy atom. The first-order valence-electron chi connectivity index (χ1n) is 6.92. The van der Waals surface area contributed by atoms with Gasteiger partial charge in [-0.25, -0.2) is 0 Å². The highest BCUT2D eigenvalue weighted by atomic mass is 35.5. The molecular formula is C17H19ClN2O2. The second-order valence-corrected chi connectivity index (χ2v) is 5.68. The van der Waals surface area contributed by atoms with Gasteiger partial charge in [0.1, 0.15) is 5.75 Å². The van der Waals surface area contributed by atoms with E-state index in [1.807, 2.05) is 39.0 Å². The molecule has 0 aliphatic carbocycles. The van der Waals surface area contributed by atoms with Crippen LogP contribution in [0.25, 0.3) is 0 Å². The summed E-state index contributed by atoms with van der Waals surface area (Å²) in [6.07, 6.45) is 0. The molecule has 5 heteroatoms. The smallest absolute Gasteiger partial charge is 0.262 e. The Hall–Kier alpha value is -2.20.